The molecule has 4 heteroatoms. The van der Waals surface area contributed by atoms with E-state index >= 15 is 0 Å². The van der Waals surface area contributed by atoms with Gasteiger partial charge in [0.1, 0.15) is 5.54 Å². The third kappa shape index (κ3) is 1.10. The second-order valence-corrected chi connectivity index (χ2v) is 4.28. The zero-order valence-corrected chi connectivity index (χ0v) is 8.60. The molecule has 0 bridgehead atoms. The SMILES string of the molecule is O=C1NC2(CCC2c2ccccc2)C(=O)O1. The third-order valence-corrected chi connectivity index (χ3v) is 3.50. The Hall–Kier alpha value is -1.84. The Morgan fingerprint density at radius 3 is 2.50 bits per heavy atom. The molecule has 0 aromatic heterocycles. The predicted molar refractivity (Wildman–Crippen MR) is 55.8 cm³/mol. The number of benzene rings is 1. The van der Waals surface area contributed by atoms with Crippen molar-refractivity contribution in [2.45, 2.75) is 24.3 Å². The van der Waals surface area contributed by atoms with Gasteiger partial charge in [-0.15, -0.1) is 0 Å². The maximum absolute atomic E-state index is 11.7. The molecule has 0 radical (unpaired) electrons. The summed E-state index contributed by atoms with van der Waals surface area (Å²) in [6.45, 7) is 0. The molecule has 16 heavy (non-hydrogen) atoms. The van der Waals surface area contributed by atoms with Gasteiger partial charge in [-0.1, -0.05) is 30.3 Å². The molecule has 1 aliphatic heterocycles. The van der Waals surface area contributed by atoms with Gasteiger partial charge in [0.05, 0.1) is 0 Å². The molecule has 4 nitrogen and oxygen atoms in total. The van der Waals surface area contributed by atoms with E-state index in [1.54, 1.807) is 0 Å². The smallest absolute Gasteiger partial charge is 0.374 e. The Labute approximate surface area is 92.6 Å². The zero-order chi connectivity index (χ0) is 11.2. The number of amides is 1. The van der Waals surface area contributed by atoms with Gasteiger partial charge in [0.25, 0.3) is 0 Å². The van der Waals surface area contributed by atoms with Gasteiger partial charge in [-0.2, -0.15) is 0 Å². The van der Waals surface area contributed by atoms with Crippen molar-refractivity contribution in [2.75, 3.05) is 0 Å². The number of carbonyl (C=O) groups is 2. The van der Waals surface area contributed by atoms with E-state index in [1.165, 1.54) is 0 Å². The van der Waals surface area contributed by atoms with Gasteiger partial charge in [0, 0.05) is 5.92 Å². The van der Waals surface area contributed by atoms with Crippen LogP contribution >= 0.6 is 0 Å². The lowest BCUT2D eigenvalue weighted by molar-refractivity contribution is -0.143. The van der Waals surface area contributed by atoms with Crippen LogP contribution in [0.5, 0.6) is 0 Å². The van der Waals surface area contributed by atoms with E-state index < -0.39 is 17.6 Å². The molecule has 1 spiro atoms. The van der Waals surface area contributed by atoms with E-state index in [-0.39, 0.29) is 5.92 Å². The Morgan fingerprint density at radius 1 is 1.25 bits per heavy atom. The maximum atomic E-state index is 11.7. The van der Waals surface area contributed by atoms with Crippen LogP contribution in [0.4, 0.5) is 4.79 Å². The van der Waals surface area contributed by atoms with Crippen molar-refractivity contribution >= 4 is 12.1 Å². The van der Waals surface area contributed by atoms with E-state index in [0.29, 0.717) is 6.42 Å². The van der Waals surface area contributed by atoms with Gasteiger partial charge in [-0.05, 0) is 18.4 Å². The molecular weight excluding hydrogens is 206 g/mol. The molecule has 2 fully saturated rings. The molecule has 2 atom stereocenters. The first kappa shape index (κ1) is 9.39. The van der Waals surface area contributed by atoms with Crippen LogP contribution in [0.1, 0.15) is 24.3 Å². The lowest BCUT2D eigenvalue weighted by atomic mass is 9.64. The molecule has 2 unspecified atom stereocenters. The fraction of sp³-hybridized carbons (Fsp3) is 0.333. The molecule has 1 heterocycles. The fourth-order valence-corrected chi connectivity index (χ4v) is 2.54. The van der Waals surface area contributed by atoms with Crippen molar-refractivity contribution in [3.63, 3.8) is 0 Å². The number of carbonyl (C=O) groups excluding carboxylic acids is 2. The van der Waals surface area contributed by atoms with Gasteiger partial charge < -0.3 is 10.1 Å². The summed E-state index contributed by atoms with van der Waals surface area (Å²) in [5, 5.41) is 2.65. The summed E-state index contributed by atoms with van der Waals surface area (Å²) >= 11 is 0. The van der Waals surface area contributed by atoms with Gasteiger partial charge in [0.15, 0.2) is 0 Å². The van der Waals surface area contributed by atoms with Crippen molar-refractivity contribution in [1.82, 2.24) is 5.32 Å². The second-order valence-electron chi connectivity index (χ2n) is 4.28. The summed E-state index contributed by atoms with van der Waals surface area (Å²) in [6, 6.07) is 9.75. The van der Waals surface area contributed by atoms with Crippen molar-refractivity contribution in [3.8, 4) is 0 Å². The van der Waals surface area contributed by atoms with Crippen LogP contribution < -0.4 is 5.32 Å². The summed E-state index contributed by atoms with van der Waals surface area (Å²) in [6.07, 6.45) is 0.946. The Balaban J connectivity index is 1.95. The van der Waals surface area contributed by atoms with E-state index in [9.17, 15) is 9.59 Å². The molecule has 1 aliphatic carbocycles. The monoisotopic (exact) mass is 217 g/mol. The predicted octanol–water partition coefficient (Wildman–Crippen LogP) is 1.57. The zero-order valence-electron chi connectivity index (χ0n) is 8.60. The molecule has 82 valence electrons. The highest BCUT2D eigenvalue weighted by Gasteiger charge is 2.60. The highest BCUT2D eigenvalue weighted by molar-refractivity contribution is 6.00. The van der Waals surface area contributed by atoms with Crippen LogP contribution in [-0.4, -0.2) is 17.6 Å². The van der Waals surface area contributed by atoms with Crippen molar-refractivity contribution in [2.24, 2.45) is 0 Å². The second kappa shape index (κ2) is 3.07. The number of alkyl carbamates (subject to hydrolysis) is 1. The van der Waals surface area contributed by atoms with Crippen molar-refractivity contribution < 1.29 is 14.3 Å². The number of ether oxygens (including phenoxy) is 1. The topological polar surface area (TPSA) is 55.4 Å². The highest BCUT2D eigenvalue weighted by atomic mass is 16.6. The fourth-order valence-electron chi connectivity index (χ4n) is 2.54. The minimum Gasteiger partial charge on any atom is -0.374 e. The van der Waals surface area contributed by atoms with E-state index in [0.717, 1.165) is 12.0 Å². The quantitative estimate of drug-likeness (QED) is 0.573. The Morgan fingerprint density at radius 2 is 2.00 bits per heavy atom. The van der Waals surface area contributed by atoms with Gasteiger partial charge in [0.2, 0.25) is 0 Å². The summed E-state index contributed by atoms with van der Waals surface area (Å²) in [7, 11) is 0. The largest absolute Gasteiger partial charge is 0.415 e. The lowest BCUT2D eigenvalue weighted by Crippen LogP contribution is -2.58. The lowest BCUT2D eigenvalue weighted by Gasteiger charge is -2.43. The summed E-state index contributed by atoms with van der Waals surface area (Å²) in [4.78, 5) is 22.8. The Kier molecular flexibility index (Phi) is 1.80. The van der Waals surface area contributed by atoms with Gasteiger partial charge in [-0.3, -0.25) is 0 Å². The molecule has 1 aromatic carbocycles. The molecule has 1 saturated heterocycles. The van der Waals surface area contributed by atoms with Crippen LogP contribution in [0.2, 0.25) is 0 Å². The van der Waals surface area contributed by atoms with Gasteiger partial charge >= 0.3 is 12.1 Å². The van der Waals surface area contributed by atoms with Crippen molar-refractivity contribution in [1.29, 1.82) is 0 Å². The van der Waals surface area contributed by atoms with E-state index in [4.69, 9.17) is 0 Å². The maximum Gasteiger partial charge on any atom is 0.415 e. The summed E-state index contributed by atoms with van der Waals surface area (Å²) in [5.74, 6) is -0.384. The number of rotatable bonds is 1. The van der Waals surface area contributed by atoms with Crippen LogP contribution in [-0.2, 0) is 9.53 Å². The first-order valence-corrected chi connectivity index (χ1v) is 5.32. The summed E-state index contributed by atoms with van der Waals surface area (Å²) < 4.78 is 4.58. The highest BCUT2D eigenvalue weighted by Crippen LogP contribution is 2.48. The molecule has 1 aromatic rings. The van der Waals surface area contributed by atoms with Crippen LogP contribution in [0.25, 0.3) is 0 Å². The average molecular weight is 217 g/mol. The number of esters is 1. The molecule has 1 amide bonds. The minimum atomic E-state index is -0.793. The molecule has 1 N–H and O–H groups in total. The van der Waals surface area contributed by atoms with E-state index in [2.05, 4.69) is 10.1 Å². The molecule has 2 aliphatic rings. The van der Waals surface area contributed by atoms with Crippen molar-refractivity contribution in [3.05, 3.63) is 35.9 Å². The average Bonchev–Trinajstić information content (AvgIpc) is 2.56. The van der Waals surface area contributed by atoms with Crippen LogP contribution in [0.3, 0.4) is 0 Å². The van der Waals surface area contributed by atoms with Crippen LogP contribution in [0.15, 0.2) is 30.3 Å². The number of nitrogens with one attached hydrogen (secondary N) is 1. The minimum absolute atomic E-state index is 0.0487. The molecule has 1 saturated carbocycles. The third-order valence-electron chi connectivity index (χ3n) is 3.50. The number of cyclic esters (lactones) is 2. The first-order valence-electron chi connectivity index (χ1n) is 5.32. The Bertz CT molecular complexity index is 457. The molecule has 3 rings (SSSR count). The number of hydrogen-bond acceptors (Lipinski definition) is 3. The van der Waals surface area contributed by atoms with Crippen LogP contribution in [0, 0.1) is 0 Å². The van der Waals surface area contributed by atoms with Gasteiger partial charge in [-0.25, -0.2) is 9.59 Å². The first-order chi connectivity index (χ1) is 7.72. The number of hydrogen-bond donors (Lipinski definition) is 1. The molecular formula is C12H11NO3. The normalized spacial score (nSPS) is 32.1. The standard InChI is InChI=1S/C12H11NO3/c14-10-12(13-11(15)16-10)7-6-9(12)8-4-2-1-3-5-8/h1-5,9H,6-7H2,(H,13,15). The summed E-state index contributed by atoms with van der Waals surface area (Å²) in [5.41, 5.74) is 0.284. The van der Waals surface area contributed by atoms with E-state index in [1.807, 2.05) is 30.3 Å².